The summed E-state index contributed by atoms with van der Waals surface area (Å²) in [4.78, 5) is 17.7. The van der Waals surface area contributed by atoms with Crippen molar-refractivity contribution < 1.29 is 18.3 Å². The predicted molar refractivity (Wildman–Crippen MR) is 130 cm³/mol. The Morgan fingerprint density at radius 1 is 1.03 bits per heavy atom. The number of hydrogen-bond donors (Lipinski definition) is 1. The van der Waals surface area contributed by atoms with Crippen molar-refractivity contribution in [1.82, 2.24) is 10.3 Å². The second-order valence-corrected chi connectivity index (χ2v) is 8.47. The summed E-state index contributed by atoms with van der Waals surface area (Å²) in [6.07, 6.45) is 2.14. The van der Waals surface area contributed by atoms with Crippen LogP contribution in [0.4, 0.5) is 8.78 Å². The van der Waals surface area contributed by atoms with Gasteiger partial charge in [-0.1, -0.05) is 54.1 Å². The lowest BCUT2D eigenvalue weighted by atomic mass is 10.0. The first-order valence-electron chi connectivity index (χ1n) is 11.1. The van der Waals surface area contributed by atoms with E-state index in [2.05, 4.69) is 35.4 Å². The molecule has 1 amide bonds. The molecule has 0 unspecified atom stereocenters. The molecule has 0 bridgehead atoms. The van der Waals surface area contributed by atoms with E-state index in [-0.39, 0.29) is 23.0 Å². The van der Waals surface area contributed by atoms with Gasteiger partial charge in [0.1, 0.15) is 5.75 Å². The first kappa shape index (κ1) is 23.4. The highest BCUT2D eigenvalue weighted by atomic mass is 19.3. The van der Waals surface area contributed by atoms with Gasteiger partial charge in [-0.25, -0.2) is 8.78 Å². The van der Waals surface area contributed by atoms with Crippen molar-refractivity contribution in [2.24, 2.45) is 0 Å². The van der Waals surface area contributed by atoms with Crippen LogP contribution in [-0.2, 0) is 12.3 Å². The molecule has 4 nitrogen and oxygen atoms in total. The molecule has 0 aliphatic rings. The van der Waals surface area contributed by atoms with Crippen molar-refractivity contribution in [2.75, 3.05) is 6.54 Å². The molecule has 4 rings (SSSR count). The van der Waals surface area contributed by atoms with E-state index in [4.69, 9.17) is 4.74 Å². The summed E-state index contributed by atoms with van der Waals surface area (Å²) in [6.45, 7) is 5.38. The number of para-hydroxylation sites is 1. The monoisotopic (exact) mass is 460 g/mol. The Balaban J connectivity index is 1.61. The number of alkyl halides is 2. The van der Waals surface area contributed by atoms with Crippen molar-refractivity contribution in [3.63, 3.8) is 0 Å². The fraction of sp³-hybridized carbons (Fsp3) is 0.214. The number of benzene rings is 3. The zero-order valence-corrected chi connectivity index (χ0v) is 19.4. The van der Waals surface area contributed by atoms with Crippen LogP contribution in [0.2, 0.25) is 0 Å². The lowest BCUT2D eigenvalue weighted by molar-refractivity contribution is 0.0173. The molecule has 0 spiro atoms. The number of pyridine rings is 1. The summed E-state index contributed by atoms with van der Waals surface area (Å²) in [7, 11) is 0. The van der Waals surface area contributed by atoms with E-state index >= 15 is 0 Å². The van der Waals surface area contributed by atoms with E-state index in [0.29, 0.717) is 29.4 Å². The summed E-state index contributed by atoms with van der Waals surface area (Å²) in [5.41, 5.74) is 4.33. The molecule has 4 aromatic rings. The van der Waals surface area contributed by atoms with E-state index in [9.17, 15) is 13.6 Å². The van der Waals surface area contributed by atoms with E-state index in [1.807, 2.05) is 25.1 Å². The average Bonchev–Trinajstić information content (AvgIpc) is 2.80. The molecule has 0 radical (unpaired) electrons. The van der Waals surface area contributed by atoms with Crippen molar-refractivity contribution in [3.8, 4) is 11.5 Å². The number of nitrogens with one attached hydrogen (secondary N) is 1. The molecular formula is C28H26F2N2O2. The number of amides is 1. The van der Waals surface area contributed by atoms with Gasteiger partial charge in [-0.05, 0) is 49.6 Å². The summed E-state index contributed by atoms with van der Waals surface area (Å²) in [6, 6.07) is 19.2. The van der Waals surface area contributed by atoms with Gasteiger partial charge in [-0.3, -0.25) is 9.78 Å². The topological polar surface area (TPSA) is 51.2 Å². The molecule has 0 atom stereocenters. The third-order valence-electron chi connectivity index (χ3n) is 5.71. The number of ether oxygens (including phenoxy) is 1. The predicted octanol–water partition coefficient (Wildman–Crippen LogP) is 6.73. The smallest absolute Gasteiger partial charge is 0.270 e. The SMILES string of the molecule is Cc1ccc(CCNC(=O)c2c(Oc3cccc(C(C)(F)F)c3)cnc3ccccc23)c(C)c1. The molecule has 1 heterocycles. The van der Waals surface area contributed by atoms with Gasteiger partial charge in [0.15, 0.2) is 5.75 Å². The highest BCUT2D eigenvalue weighted by Crippen LogP contribution is 2.33. The maximum Gasteiger partial charge on any atom is 0.270 e. The number of aryl methyl sites for hydroxylation is 2. The fourth-order valence-corrected chi connectivity index (χ4v) is 3.92. The standard InChI is InChI=1S/C28H26F2N2O2/c1-18-11-12-20(19(2)15-18)13-14-31-27(33)26-23-9-4-5-10-24(23)32-17-25(26)34-22-8-6-7-21(16-22)28(3,29)30/h4-12,15-17H,13-14H2,1-3H3,(H,31,33). The third-order valence-corrected chi connectivity index (χ3v) is 5.71. The Morgan fingerprint density at radius 2 is 1.82 bits per heavy atom. The Labute approximate surface area is 197 Å². The van der Waals surface area contributed by atoms with Crippen molar-refractivity contribution in [3.05, 3.63) is 101 Å². The van der Waals surface area contributed by atoms with E-state index in [1.165, 1.54) is 41.1 Å². The second kappa shape index (κ2) is 9.59. The zero-order valence-electron chi connectivity index (χ0n) is 19.4. The van der Waals surface area contributed by atoms with Crippen LogP contribution < -0.4 is 10.1 Å². The molecule has 0 aliphatic carbocycles. The summed E-state index contributed by atoms with van der Waals surface area (Å²) in [5, 5.41) is 3.60. The van der Waals surface area contributed by atoms with Crippen LogP contribution in [0.5, 0.6) is 11.5 Å². The van der Waals surface area contributed by atoms with Crippen molar-refractivity contribution >= 4 is 16.8 Å². The average molecular weight is 461 g/mol. The lowest BCUT2D eigenvalue weighted by Gasteiger charge is -2.16. The largest absolute Gasteiger partial charge is 0.455 e. The number of nitrogens with zero attached hydrogens (tertiary/aromatic N) is 1. The third kappa shape index (κ3) is 5.22. The minimum Gasteiger partial charge on any atom is -0.455 e. The van der Waals surface area contributed by atoms with E-state index in [1.54, 1.807) is 12.1 Å². The van der Waals surface area contributed by atoms with Gasteiger partial charge < -0.3 is 10.1 Å². The van der Waals surface area contributed by atoms with Crippen molar-refractivity contribution in [1.29, 1.82) is 0 Å². The number of fused-ring (bicyclic) bond motifs is 1. The molecule has 0 saturated heterocycles. The van der Waals surface area contributed by atoms with Crippen LogP contribution >= 0.6 is 0 Å². The Kier molecular flexibility index (Phi) is 6.59. The van der Waals surface area contributed by atoms with Gasteiger partial charge in [0.2, 0.25) is 0 Å². The number of aromatic nitrogens is 1. The Bertz CT molecular complexity index is 1350. The molecule has 3 aromatic carbocycles. The van der Waals surface area contributed by atoms with Gasteiger partial charge in [0, 0.05) is 24.4 Å². The Hall–Kier alpha value is -3.80. The summed E-state index contributed by atoms with van der Waals surface area (Å²) < 4.78 is 33.5. The number of carbonyl (C=O) groups excluding carboxylic acids is 1. The molecule has 0 aliphatic heterocycles. The minimum absolute atomic E-state index is 0.168. The van der Waals surface area contributed by atoms with Crippen LogP contribution in [0.25, 0.3) is 10.9 Å². The molecule has 174 valence electrons. The van der Waals surface area contributed by atoms with E-state index in [0.717, 1.165) is 6.92 Å². The second-order valence-electron chi connectivity index (χ2n) is 8.47. The highest BCUT2D eigenvalue weighted by Gasteiger charge is 2.25. The van der Waals surface area contributed by atoms with Crippen LogP contribution in [0, 0.1) is 13.8 Å². The first-order chi connectivity index (χ1) is 16.2. The number of hydrogen-bond acceptors (Lipinski definition) is 3. The van der Waals surface area contributed by atoms with Crippen LogP contribution in [-0.4, -0.2) is 17.4 Å². The maximum atomic E-state index is 13.8. The molecular weight excluding hydrogens is 434 g/mol. The van der Waals surface area contributed by atoms with Gasteiger partial charge in [-0.2, -0.15) is 0 Å². The molecule has 0 saturated carbocycles. The first-order valence-corrected chi connectivity index (χ1v) is 11.1. The van der Waals surface area contributed by atoms with Crippen LogP contribution in [0.1, 0.15) is 39.5 Å². The highest BCUT2D eigenvalue weighted by molar-refractivity contribution is 6.08. The van der Waals surface area contributed by atoms with E-state index < -0.39 is 5.92 Å². The quantitative estimate of drug-likeness (QED) is 0.333. The van der Waals surface area contributed by atoms with Gasteiger partial charge in [0.25, 0.3) is 11.8 Å². The molecule has 1 aromatic heterocycles. The van der Waals surface area contributed by atoms with Crippen LogP contribution in [0.3, 0.4) is 0 Å². The maximum absolute atomic E-state index is 13.8. The zero-order chi connectivity index (χ0) is 24.3. The molecule has 6 heteroatoms. The molecule has 34 heavy (non-hydrogen) atoms. The Morgan fingerprint density at radius 3 is 2.59 bits per heavy atom. The minimum atomic E-state index is -3.00. The van der Waals surface area contributed by atoms with Crippen molar-refractivity contribution in [2.45, 2.75) is 33.1 Å². The number of rotatable bonds is 7. The normalized spacial score (nSPS) is 11.4. The van der Waals surface area contributed by atoms with Crippen LogP contribution in [0.15, 0.2) is 72.9 Å². The molecule has 1 N–H and O–H groups in total. The lowest BCUT2D eigenvalue weighted by Crippen LogP contribution is -2.26. The van der Waals surface area contributed by atoms with Gasteiger partial charge in [0.05, 0.1) is 17.3 Å². The van der Waals surface area contributed by atoms with Gasteiger partial charge >= 0.3 is 0 Å². The summed E-state index contributed by atoms with van der Waals surface area (Å²) in [5.74, 6) is -2.90. The summed E-state index contributed by atoms with van der Waals surface area (Å²) >= 11 is 0. The number of carbonyl (C=O) groups is 1. The number of halogens is 2. The fourth-order valence-electron chi connectivity index (χ4n) is 3.92. The van der Waals surface area contributed by atoms with Gasteiger partial charge in [-0.15, -0.1) is 0 Å². The molecule has 0 fully saturated rings.